The Hall–Kier alpha value is -1.31. The lowest BCUT2D eigenvalue weighted by Crippen LogP contribution is -2.26. The summed E-state index contributed by atoms with van der Waals surface area (Å²) in [5.74, 6) is 0. The van der Waals surface area contributed by atoms with Crippen molar-refractivity contribution in [1.82, 2.24) is 9.55 Å². The summed E-state index contributed by atoms with van der Waals surface area (Å²) in [7, 11) is 1.94. The fourth-order valence-corrected chi connectivity index (χ4v) is 0.859. The van der Waals surface area contributed by atoms with E-state index in [1.807, 2.05) is 23.8 Å². The molecule has 0 fully saturated rings. The Labute approximate surface area is 72.6 Å². The fourth-order valence-electron chi connectivity index (χ4n) is 0.859. The standard InChI is InChI=1S/C10H14N2/c1-8(2)5-6-10-9(3)12(4)7-11-10/h5-7H,3H2,1-2,4H3/b10-6+. The highest BCUT2D eigenvalue weighted by Gasteiger charge is 1.86. The molecule has 0 saturated heterocycles. The molecule has 0 spiro atoms. The molecular weight excluding hydrogens is 148 g/mol. The number of aromatic nitrogens is 2. The van der Waals surface area contributed by atoms with Crippen LogP contribution in [-0.2, 0) is 7.05 Å². The van der Waals surface area contributed by atoms with Crippen molar-refractivity contribution >= 4 is 12.7 Å². The van der Waals surface area contributed by atoms with E-state index in [1.54, 1.807) is 6.33 Å². The van der Waals surface area contributed by atoms with Gasteiger partial charge in [0.2, 0.25) is 0 Å². The molecule has 0 aliphatic heterocycles. The normalized spacial score (nSPS) is 11.8. The first-order valence-corrected chi connectivity index (χ1v) is 3.93. The Morgan fingerprint density at radius 1 is 1.58 bits per heavy atom. The molecule has 1 heterocycles. The van der Waals surface area contributed by atoms with Crippen LogP contribution in [0, 0.1) is 0 Å². The topological polar surface area (TPSA) is 17.8 Å². The van der Waals surface area contributed by atoms with Crippen molar-refractivity contribution in [2.24, 2.45) is 7.05 Å². The minimum atomic E-state index is 0.943. The lowest BCUT2D eigenvalue weighted by molar-refractivity contribution is 0.883. The third-order valence-corrected chi connectivity index (χ3v) is 1.67. The van der Waals surface area contributed by atoms with Gasteiger partial charge < -0.3 is 4.57 Å². The van der Waals surface area contributed by atoms with E-state index in [9.17, 15) is 0 Å². The van der Waals surface area contributed by atoms with Gasteiger partial charge in [-0.2, -0.15) is 0 Å². The van der Waals surface area contributed by atoms with Crippen LogP contribution in [0.25, 0.3) is 12.7 Å². The van der Waals surface area contributed by atoms with Crippen LogP contribution in [0.1, 0.15) is 13.8 Å². The third-order valence-electron chi connectivity index (χ3n) is 1.67. The van der Waals surface area contributed by atoms with E-state index >= 15 is 0 Å². The highest BCUT2D eigenvalue weighted by Crippen LogP contribution is 1.86. The van der Waals surface area contributed by atoms with Crippen LogP contribution in [0.2, 0.25) is 0 Å². The highest BCUT2D eigenvalue weighted by molar-refractivity contribution is 5.36. The summed E-state index contributed by atoms with van der Waals surface area (Å²) >= 11 is 0. The average Bonchev–Trinajstić information content (AvgIpc) is 2.30. The second-order valence-corrected chi connectivity index (χ2v) is 3.10. The number of aryl methyl sites for hydroxylation is 1. The maximum Gasteiger partial charge on any atom is 0.0955 e. The van der Waals surface area contributed by atoms with E-state index in [0.717, 1.165) is 10.7 Å². The van der Waals surface area contributed by atoms with Crippen LogP contribution < -0.4 is 10.7 Å². The molecule has 0 atom stereocenters. The van der Waals surface area contributed by atoms with Crippen molar-refractivity contribution < 1.29 is 0 Å². The van der Waals surface area contributed by atoms with Gasteiger partial charge in [0.05, 0.1) is 17.0 Å². The Bertz CT molecular complexity index is 392. The maximum absolute atomic E-state index is 4.19. The molecular formula is C10H14N2. The van der Waals surface area contributed by atoms with E-state index < -0.39 is 0 Å². The zero-order valence-electron chi connectivity index (χ0n) is 7.83. The Morgan fingerprint density at radius 3 is 2.67 bits per heavy atom. The summed E-state index contributed by atoms with van der Waals surface area (Å²) in [6, 6.07) is 0. The first-order valence-electron chi connectivity index (χ1n) is 3.93. The molecule has 2 nitrogen and oxygen atoms in total. The van der Waals surface area contributed by atoms with E-state index in [0.29, 0.717) is 0 Å². The molecule has 2 heteroatoms. The lowest BCUT2D eigenvalue weighted by Gasteiger charge is -1.83. The summed E-state index contributed by atoms with van der Waals surface area (Å²) in [6.45, 7) is 8.01. The van der Waals surface area contributed by atoms with Crippen LogP contribution in [-0.4, -0.2) is 9.55 Å². The zero-order valence-corrected chi connectivity index (χ0v) is 7.83. The molecule has 0 aromatic carbocycles. The Balaban J connectivity index is 3.21. The summed E-state index contributed by atoms with van der Waals surface area (Å²) in [6.07, 6.45) is 5.79. The van der Waals surface area contributed by atoms with E-state index in [4.69, 9.17) is 0 Å². The second kappa shape index (κ2) is 3.39. The van der Waals surface area contributed by atoms with Crippen LogP contribution >= 0.6 is 0 Å². The van der Waals surface area contributed by atoms with Crippen LogP contribution in [0.5, 0.6) is 0 Å². The molecule has 12 heavy (non-hydrogen) atoms. The quantitative estimate of drug-likeness (QED) is 0.590. The van der Waals surface area contributed by atoms with Gasteiger partial charge in [0, 0.05) is 7.05 Å². The van der Waals surface area contributed by atoms with Crippen molar-refractivity contribution in [3.05, 3.63) is 28.7 Å². The maximum atomic E-state index is 4.19. The summed E-state index contributed by atoms with van der Waals surface area (Å²) in [5, 5.41) is 1.89. The molecule has 0 radical (unpaired) electrons. The van der Waals surface area contributed by atoms with Gasteiger partial charge in [0.25, 0.3) is 0 Å². The minimum absolute atomic E-state index is 0.943. The molecule has 64 valence electrons. The molecule has 0 aliphatic carbocycles. The van der Waals surface area contributed by atoms with Gasteiger partial charge in [-0.3, -0.25) is 0 Å². The van der Waals surface area contributed by atoms with Crippen LogP contribution in [0.15, 0.2) is 18.0 Å². The van der Waals surface area contributed by atoms with Gasteiger partial charge >= 0.3 is 0 Å². The molecule has 0 bridgehead atoms. The predicted octanol–water partition coefficient (Wildman–Crippen LogP) is 0.577. The van der Waals surface area contributed by atoms with E-state index in [-0.39, 0.29) is 0 Å². The number of hydrogen-bond donors (Lipinski definition) is 0. The first kappa shape index (κ1) is 8.78. The molecule has 0 unspecified atom stereocenters. The Morgan fingerprint density at radius 2 is 2.25 bits per heavy atom. The number of imidazole rings is 1. The van der Waals surface area contributed by atoms with Gasteiger partial charge in [0.15, 0.2) is 0 Å². The van der Waals surface area contributed by atoms with Crippen molar-refractivity contribution in [3.8, 4) is 0 Å². The lowest BCUT2D eigenvalue weighted by atomic mass is 10.3. The smallest absolute Gasteiger partial charge is 0.0955 e. The van der Waals surface area contributed by atoms with E-state index in [2.05, 4.69) is 25.4 Å². The fraction of sp³-hybridized carbons (Fsp3) is 0.300. The van der Waals surface area contributed by atoms with Crippen LogP contribution in [0.4, 0.5) is 0 Å². The first-order chi connectivity index (χ1) is 5.61. The zero-order chi connectivity index (χ0) is 9.14. The van der Waals surface area contributed by atoms with E-state index in [1.165, 1.54) is 5.57 Å². The number of rotatable bonds is 1. The Kier molecular flexibility index (Phi) is 2.48. The van der Waals surface area contributed by atoms with Gasteiger partial charge in [-0.15, -0.1) is 0 Å². The van der Waals surface area contributed by atoms with Crippen molar-refractivity contribution in [2.45, 2.75) is 13.8 Å². The minimum Gasteiger partial charge on any atom is -0.334 e. The average molecular weight is 162 g/mol. The largest absolute Gasteiger partial charge is 0.334 e. The van der Waals surface area contributed by atoms with Crippen molar-refractivity contribution in [3.63, 3.8) is 0 Å². The molecule has 0 N–H and O–H groups in total. The molecule has 1 rings (SSSR count). The monoisotopic (exact) mass is 162 g/mol. The molecule has 0 amide bonds. The number of nitrogens with zero attached hydrogens (tertiary/aromatic N) is 2. The second-order valence-electron chi connectivity index (χ2n) is 3.10. The van der Waals surface area contributed by atoms with Crippen molar-refractivity contribution in [1.29, 1.82) is 0 Å². The number of allylic oxidation sites excluding steroid dienone is 2. The summed E-state index contributed by atoms with van der Waals surface area (Å²) in [4.78, 5) is 4.19. The van der Waals surface area contributed by atoms with Gasteiger partial charge in [-0.1, -0.05) is 18.2 Å². The van der Waals surface area contributed by atoms with Gasteiger partial charge in [0.1, 0.15) is 0 Å². The SMILES string of the molecule is C=c1/c(=C\C=C(C)C)ncn1C. The highest BCUT2D eigenvalue weighted by atomic mass is 15.0. The van der Waals surface area contributed by atoms with Gasteiger partial charge in [-0.05, 0) is 19.9 Å². The molecule has 0 saturated carbocycles. The number of hydrogen-bond acceptors (Lipinski definition) is 1. The molecule has 1 aromatic rings. The summed E-state index contributed by atoms with van der Waals surface area (Å²) < 4.78 is 1.91. The van der Waals surface area contributed by atoms with Crippen molar-refractivity contribution in [2.75, 3.05) is 0 Å². The van der Waals surface area contributed by atoms with Gasteiger partial charge in [-0.25, -0.2) is 4.98 Å². The third kappa shape index (κ3) is 1.84. The van der Waals surface area contributed by atoms with Crippen LogP contribution in [0.3, 0.4) is 0 Å². The predicted molar refractivity (Wildman–Crippen MR) is 51.9 cm³/mol. The molecule has 0 aliphatic rings. The summed E-state index contributed by atoms with van der Waals surface area (Å²) in [5.41, 5.74) is 1.26. The molecule has 1 aromatic heterocycles.